The lowest BCUT2D eigenvalue weighted by atomic mass is 10.1. The van der Waals surface area contributed by atoms with Crippen LogP contribution in [0.4, 0.5) is 0 Å². The van der Waals surface area contributed by atoms with Crippen molar-refractivity contribution in [3.63, 3.8) is 0 Å². The number of thiazole rings is 1. The molecule has 2 aromatic rings. The maximum absolute atomic E-state index is 10.8. The van der Waals surface area contributed by atoms with Crippen molar-refractivity contribution in [1.29, 1.82) is 0 Å². The summed E-state index contributed by atoms with van der Waals surface area (Å²) in [5.74, 6) is -0.394. The van der Waals surface area contributed by atoms with Gasteiger partial charge in [0.1, 0.15) is 10.8 Å². The lowest BCUT2D eigenvalue weighted by Crippen LogP contribution is -2.20. The number of hydrogen-bond donors (Lipinski definition) is 2. The van der Waals surface area contributed by atoms with Crippen LogP contribution in [0.5, 0.6) is 5.75 Å². The van der Waals surface area contributed by atoms with Crippen molar-refractivity contribution in [3.05, 3.63) is 34.7 Å². The van der Waals surface area contributed by atoms with Gasteiger partial charge in [-0.3, -0.25) is 4.79 Å². The third-order valence-electron chi connectivity index (χ3n) is 2.44. The summed E-state index contributed by atoms with van der Waals surface area (Å²) in [6.07, 6.45) is 0. The van der Waals surface area contributed by atoms with Gasteiger partial charge in [0.2, 0.25) is 0 Å². The number of carbonyl (C=O) groups is 1. The highest BCUT2D eigenvalue weighted by atomic mass is 32.1. The molecule has 0 amide bonds. The Morgan fingerprint density at radius 1 is 1.50 bits per heavy atom. The average molecular weight is 264 g/mol. The monoisotopic (exact) mass is 264 g/mol. The Kier molecular flexibility index (Phi) is 3.59. The lowest BCUT2D eigenvalue weighted by molar-refractivity contribution is -0.138. The summed E-state index contributed by atoms with van der Waals surface area (Å²) in [6.45, 7) is 0. The summed E-state index contributed by atoms with van der Waals surface area (Å²) >= 11 is 1.23. The Hall–Kier alpha value is -1.92. The number of carboxylic acids is 1. The Bertz CT molecular complexity index is 568. The van der Waals surface area contributed by atoms with Crippen LogP contribution in [0.25, 0.3) is 11.3 Å². The van der Waals surface area contributed by atoms with Crippen molar-refractivity contribution < 1.29 is 14.6 Å². The number of methoxy groups -OCH3 is 1. The van der Waals surface area contributed by atoms with E-state index in [1.54, 1.807) is 12.5 Å². The third kappa shape index (κ3) is 2.34. The van der Waals surface area contributed by atoms with Gasteiger partial charge >= 0.3 is 5.97 Å². The van der Waals surface area contributed by atoms with Gasteiger partial charge < -0.3 is 15.6 Å². The zero-order chi connectivity index (χ0) is 13.1. The Morgan fingerprint density at radius 2 is 2.22 bits per heavy atom. The van der Waals surface area contributed by atoms with Gasteiger partial charge in [0.25, 0.3) is 0 Å². The van der Waals surface area contributed by atoms with E-state index >= 15 is 0 Å². The molecule has 0 saturated carbocycles. The second-order valence-corrected chi connectivity index (χ2v) is 4.48. The molecule has 1 heterocycles. The minimum Gasteiger partial charge on any atom is -0.496 e. The van der Waals surface area contributed by atoms with Crippen molar-refractivity contribution in [2.24, 2.45) is 5.73 Å². The van der Waals surface area contributed by atoms with Gasteiger partial charge in [-0.15, -0.1) is 11.3 Å². The Labute approximate surface area is 108 Å². The molecule has 1 unspecified atom stereocenters. The van der Waals surface area contributed by atoms with Gasteiger partial charge in [-0.25, -0.2) is 4.98 Å². The molecule has 0 aliphatic rings. The standard InChI is InChI=1S/C12H12N2O3S/c1-17-9-5-3-2-4-7(9)8-6-18-11(14-8)10(13)12(15)16/h2-6,10H,13H2,1H3,(H,15,16). The van der Waals surface area contributed by atoms with Crippen LogP contribution < -0.4 is 10.5 Å². The van der Waals surface area contributed by atoms with E-state index in [1.165, 1.54) is 11.3 Å². The normalized spacial score (nSPS) is 12.1. The molecule has 0 aliphatic heterocycles. The van der Waals surface area contributed by atoms with Crippen LogP contribution in [-0.4, -0.2) is 23.2 Å². The molecule has 0 fully saturated rings. The fraction of sp³-hybridized carbons (Fsp3) is 0.167. The number of benzene rings is 1. The van der Waals surface area contributed by atoms with E-state index < -0.39 is 12.0 Å². The van der Waals surface area contributed by atoms with Gasteiger partial charge in [0.05, 0.1) is 12.8 Å². The number of nitrogens with two attached hydrogens (primary N) is 1. The van der Waals surface area contributed by atoms with Crippen LogP contribution in [0, 0.1) is 0 Å². The summed E-state index contributed by atoms with van der Waals surface area (Å²) in [6, 6.07) is 6.33. The van der Waals surface area contributed by atoms with Crippen LogP contribution >= 0.6 is 11.3 Å². The maximum atomic E-state index is 10.8. The number of ether oxygens (including phenoxy) is 1. The summed E-state index contributed by atoms with van der Waals surface area (Å²) in [4.78, 5) is 15.0. The highest BCUT2D eigenvalue weighted by Crippen LogP contribution is 2.31. The van der Waals surface area contributed by atoms with E-state index in [4.69, 9.17) is 15.6 Å². The quantitative estimate of drug-likeness (QED) is 0.881. The molecule has 0 bridgehead atoms. The predicted molar refractivity (Wildman–Crippen MR) is 68.7 cm³/mol. The first kappa shape index (κ1) is 12.5. The highest BCUT2D eigenvalue weighted by Gasteiger charge is 2.19. The van der Waals surface area contributed by atoms with Crippen LogP contribution in [0.3, 0.4) is 0 Å². The molecular weight excluding hydrogens is 252 g/mol. The van der Waals surface area contributed by atoms with Crippen LogP contribution in [0.1, 0.15) is 11.0 Å². The molecule has 1 aromatic carbocycles. The third-order valence-corrected chi connectivity index (χ3v) is 3.36. The number of nitrogens with zero attached hydrogens (tertiary/aromatic N) is 1. The first-order valence-electron chi connectivity index (χ1n) is 5.20. The maximum Gasteiger partial charge on any atom is 0.327 e. The minimum atomic E-state index is -1.09. The van der Waals surface area contributed by atoms with E-state index in [9.17, 15) is 4.79 Å². The Morgan fingerprint density at radius 3 is 2.89 bits per heavy atom. The zero-order valence-corrected chi connectivity index (χ0v) is 10.5. The topological polar surface area (TPSA) is 85.4 Å². The second-order valence-electron chi connectivity index (χ2n) is 3.59. The highest BCUT2D eigenvalue weighted by molar-refractivity contribution is 7.10. The first-order valence-corrected chi connectivity index (χ1v) is 6.08. The van der Waals surface area contributed by atoms with Crippen LogP contribution in [0.15, 0.2) is 29.6 Å². The van der Waals surface area contributed by atoms with Crippen LogP contribution in [0.2, 0.25) is 0 Å². The molecule has 0 radical (unpaired) electrons. The van der Waals surface area contributed by atoms with Crippen LogP contribution in [-0.2, 0) is 4.79 Å². The SMILES string of the molecule is COc1ccccc1-c1csc(C(N)C(=O)O)n1. The number of aromatic nitrogens is 1. The van der Waals surface area contributed by atoms with Gasteiger partial charge in [0, 0.05) is 10.9 Å². The lowest BCUT2D eigenvalue weighted by Gasteiger charge is -2.05. The molecule has 1 aromatic heterocycles. The summed E-state index contributed by atoms with van der Waals surface area (Å²) < 4.78 is 5.23. The summed E-state index contributed by atoms with van der Waals surface area (Å²) in [5, 5.41) is 11.0. The molecule has 0 spiro atoms. The number of carboxylic acid groups (broad SMARTS) is 1. The fourth-order valence-electron chi connectivity index (χ4n) is 1.52. The number of rotatable bonds is 4. The van der Waals surface area contributed by atoms with Crippen molar-refractivity contribution in [3.8, 4) is 17.0 Å². The smallest absolute Gasteiger partial charge is 0.327 e. The molecule has 2 rings (SSSR count). The van der Waals surface area contributed by atoms with E-state index in [0.29, 0.717) is 16.5 Å². The van der Waals surface area contributed by atoms with Gasteiger partial charge in [-0.2, -0.15) is 0 Å². The van der Waals surface area contributed by atoms with Gasteiger partial charge in [-0.05, 0) is 12.1 Å². The van der Waals surface area contributed by atoms with Gasteiger partial charge in [0.15, 0.2) is 6.04 Å². The number of hydrogen-bond acceptors (Lipinski definition) is 5. The molecule has 5 nitrogen and oxygen atoms in total. The largest absolute Gasteiger partial charge is 0.496 e. The molecule has 1 atom stereocenters. The molecule has 3 N–H and O–H groups in total. The number of aliphatic carboxylic acids is 1. The molecular formula is C12H12N2O3S. The van der Waals surface area contributed by atoms with Crippen molar-refractivity contribution in [2.45, 2.75) is 6.04 Å². The molecule has 94 valence electrons. The Balaban J connectivity index is 2.38. The molecule has 18 heavy (non-hydrogen) atoms. The zero-order valence-electron chi connectivity index (χ0n) is 9.66. The minimum absolute atomic E-state index is 0.378. The molecule has 0 saturated heterocycles. The van der Waals surface area contributed by atoms with E-state index in [1.807, 2.05) is 24.3 Å². The van der Waals surface area contributed by atoms with E-state index in [-0.39, 0.29) is 0 Å². The predicted octanol–water partition coefficient (Wildman–Crippen LogP) is 1.90. The van der Waals surface area contributed by atoms with Gasteiger partial charge in [-0.1, -0.05) is 12.1 Å². The van der Waals surface area contributed by atoms with Crippen molar-refractivity contribution >= 4 is 17.3 Å². The summed E-state index contributed by atoms with van der Waals surface area (Å²) in [5.41, 5.74) is 7.01. The molecule has 6 heteroatoms. The number of para-hydroxylation sites is 1. The van der Waals surface area contributed by atoms with Crippen molar-refractivity contribution in [2.75, 3.05) is 7.11 Å². The van der Waals surface area contributed by atoms with Crippen molar-refractivity contribution in [1.82, 2.24) is 4.98 Å². The fourth-order valence-corrected chi connectivity index (χ4v) is 2.33. The second kappa shape index (κ2) is 5.16. The average Bonchev–Trinajstić information content (AvgIpc) is 2.87. The first-order chi connectivity index (χ1) is 8.63. The molecule has 0 aliphatic carbocycles. The summed E-state index contributed by atoms with van der Waals surface area (Å²) in [7, 11) is 1.58. The van der Waals surface area contributed by atoms with E-state index in [0.717, 1.165) is 5.56 Å². The van der Waals surface area contributed by atoms with E-state index in [2.05, 4.69) is 4.98 Å².